The van der Waals surface area contributed by atoms with Gasteiger partial charge in [0.2, 0.25) is 0 Å². The van der Waals surface area contributed by atoms with Gasteiger partial charge in [-0.2, -0.15) is 0 Å². The zero-order chi connectivity index (χ0) is 19.1. The summed E-state index contributed by atoms with van der Waals surface area (Å²) in [5, 5.41) is 2.39. The number of benzene rings is 3. The second-order valence-corrected chi connectivity index (χ2v) is 6.73. The molecule has 0 aromatic heterocycles. The van der Waals surface area contributed by atoms with Crippen LogP contribution in [0.15, 0.2) is 72.8 Å². The molecule has 1 unspecified atom stereocenters. The van der Waals surface area contributed by atoms with Gasteiger partial charge in [0.15, 0.2) is 0 Å². The van der Waals surface area contributed by atoms with Crippen molar-refractivity contribution < 1.29 is 14.8 Å². The van der Waals surface area contributed by atoms with Crippen molar-refractivity contribution >= 4 is 0 Å². The molecule has 2 N–H and O–H groups in total. The Morgan fingerprint density at radius 1 is 0.815 bits per heavy atom. The molecule has 0 heterocycles. The Kier molecular flexibility index (Phi) is 6.50. The summed E-state index contributed by atoms with van der Waals surface area (Å²) < 4.78 is 11.1. The van der Waals surface area contributed by atoms with Crippen LogP contribution >= 0.6 is 0 Å². The molecule has 0 bridgehead atoms. The van der Waals surface area contributed by atoms with Crippen LogP contribution in [-0.2, 0) is 13.0 Å². The van der Waals surface area contributed by atoms with E-state index in [-0.39, 0.29) is 0 Å². The van der Waals surface area contributed by atoms with Crippen LogP contribution in [0.3, 0.4) is 0 Å². The van der Waals surface area contributed by atoms with Gasteiger partial charge in [0.1, 0.15) is 24.1 Å². The van der Waals surface area contributed by atoms with Crippen molar-refractivity contribution in [2.24, 2.45) is 0 Å². The van der Waals surface area contributed by atoms with E-state index in [0.717, 1.165) is 30.0 Å². The number of hydrogen-bond acceptors (Lipinski definition) is 2. The normalized spacial score (nSPS) is 11.8. The van der Waals surface area contributed by atoms with Crippen molar-refractivity contribution in [2.45, 2.75) is 25.9 Å². The van der Waals surface area contributed by atoms with E-state index in [1.54, 1.807) is 14.2 Å². The topological polar surface area (TPSA) is 35.1 Å². The number of methoxy groups -OCH3 is 2. The zero-order valence-corrected chi connectivity index (χ0v) is 16.3. The van der Waals surface area contributed by atoms with E-state index in [1.165, 1.54) is 16.7 Å². The van der Waals surface area contributed by atoms with Crippen LogP contribution in [0.2, 0.25) is 0 Å². The summed E-state index contributed by atoms with van der Waals surface area (Å²) >= 11 is 0. The van der Waals surface area contributed by atoms with Crippen molar-refractivity contribution in [2.75, 3.05) is 14.2 Å². The quantitative estimate of drug-likeness (QED) is 0.656. The monoisotopic (exact) mass is 362 g/mol. The summed E-state index contributed by atoms with van der Waals surface area (Å²) in [4.78, 5) is 0. The average molecular weight is 362 g/mol. The molecular formula is C24H28NO2+. The Hall–Kier alpha value is -2.78. The van der Waals surface area contributed by atoms with Gasteiger partial charge in [-0.3, -0.25) is 0 Å². The highest BCUT2D eigenvalue weighted by atomic mass is 16.5. The fourth-order valence-electron chi connectivity index (χ4n) is 3.57. The van der Waals surface area contributed by atoms with Gasteiger partial charge >= 0.3 is 0 Å². The highest BCUT2D eigenvalue weighted by molar-refractivity contribution is 5.49. The lowest BCUT2D eigenvalue weighted by Gasteiger charge is -2.19. The van der Waals surface area contributed by atoms with E-state index in [2.05, 4.69) is 72.0 Å². The molecule has 3 nitrogen and oxygen atoms in total. The molecule has 3 heteroatoms. The second-order valence-electron chi connectivity index (χ2n) is 6.73. The Morgan fingerprint density at radius 3 is 2.11 bits per heavy atom. The Bertz CT molecular complexity index is 847. The maximum atomic E-state index is 5.67. The van der Waals surface area contributed by atoms with Crippen LogP contribution < -0.4 is 14.8 Å². The van der Waals surface area contributed by atoms with E-state index in [1.807, 2.05) is 13.0 Å². The second kappa shape index (κ2) is 9.24. The van der Waals surface area contributed by atoms with Gasteiger partial charge in [0.05, 0.1) is 14.2 Å². The highest BCUT2D eigenvalue weighted by Crippen LogP contribution is 2.30. The van der Waals surface area contributed by atoms with Gasteiger partial charge in [0.25, 0.3) is 0 Å². The highest BCUT2D eigenvalue weighted by Gasteiger charge is 2.18. The third-order valence-corrected chi connectivity index (χ3v) is 5.01. The molecule has 0 aliphatic heterocycles. The molecule has 0 amide bonds. The number of quaternary nitrogens is 1. The lowest BCUT2D eigenvalue weighted by atomic mass is 9.98. The van der Waals surface area contributed by atoms with E-state index >= 15 is 0 Å². The minimum atomic E-state index is 0.348. The standard InChI is InChI=1S/C24H27NO2/c1-18-23(26-2)15-14-21(24(18)27-3)17-25-22(20-12-8-5-9-13-20)16-19-10-6-4-7-11-19/h4-15,22,25H,16-17H2,1-3H3/p+1. The number of ether oxygens (including phenoxy) is 2. The summed E-state index contributed by atoms with van der Waals surface area (Å²) in [7, 11) is 3.42. The van der Waals surface area contributed by atoms with Gasteiger partial charge < -0.3 is 14.8 Å². The summed E-state index contributed by atoms with van der Waals surface area (Å²) in [6.07, 6.45) is 0.988. The van der Waals surface area contributed by atoms with E-state index in [0.29, 0.717) is 6.04 Å². The molecule has 0 saturated carbocycles. The molecule has 1 atom stereocenters. The molecular weight excluding hydrogens is 334 g/mol. The average Bonchev–Trinajstić information content (AvgIpc) is 2.72. The van der Waals surface area contributed by atoms with Crippen molar-refractivity contribution in [1.29, 1.82) is 0 Å². The molecule has 0 saturated heterocycles. The Morgan fingerprint density at radius 2 is 1.48 bits per heavy atom. The van der Waals surface area contributed by atoms with Crippen LogP contribution in [0.1, 0.15) is 28.3 Å². The molecule has 140 valence electrons. The first-order valence-corrected chi connectivity index (χ1v) is 9.35. The maximum Gasteiger partial charge on any atom is 0.134 e. The van der Waals surface area contributed by atoms with Crippen LogP contribution in [0.5, 0.6) is 11.5 Å². The predicted octanol–water partition coefficient (Wildman–Crippen LogP) is 4.06. The van der Waals surface area contributed by atoms with Gasteiger partial charge in [-0.05, 0) is 24.6 Å². The molecule has 0 spiro atoms. The molecule has 3 rings (SSSR count). The molecule has 0 aliphatic rings. The summed E-state index contributed by atoms with van der Waals surface area (Å²) in [5.74, 6) is 1.77. The van der Waals surface area contributed by atoms with E-state index in [9.17, 15) is 0 Å². The molecule has 3 aromatic carbocycles. The SMILES string of the molecule is COc1ccc(C[NH2+]C(Cc2ccccc2)c2ccccc2)c(OC)c1C. The van der Waals surface area contributed by atoms with Crippen LogP contribution in [-0.4, -0.2) is 14.2 Å². The Labute approximate surface area is 162 Å². The van der Waals surface area contributed by atoms with Crippen molar-refractivity contribution in [1.82, 2.24) is 0 Å². The fraction of sp³-hybridized carbons (Fsp3) is 0.250. The van der Waals surface area contributed by atoms with Crippen LogP contribution in [0.4, 0.5) is 0 Å². The Balaban J connectivity index is 1.82. The number of hydrogen-bond donors (Lipinski definition) is 1. The summed E-state index contributed by atoms with van der Waals surface area (Å²) in [6, 6.07) is 25.8. The van der Waals surface area contributed by atoms with Crippen LogP contribution in [0.25, 0.3) is 0 Å². The maximum absolute atomic E-state index is 5.67. The van der Waals surface area contributed by atoms with E-state index in [4.69, 9.17) is 9.47 Å². The molecule has 0 aliphatic carbocycles. The lowest BCUT2D eigenvalue weighted by Crippen LogP contribution is -2.84. The predicted molar refractivity (Wildman–Crippen MR) is 109 cm³/mol. The molecule has 3 aromatic rings. The summed E-state index contributed by atoms with van der Waals surface area (Å²) in [6.45, 7) is 2.89. The first-order chi connectivity index (χ1) is 13.2. The number of nitrogens with two attached hydrogens (primary N) is 1. The first-order valence-electron chi connectivity index (χ1n) is 9.35. The lowest BCUT2D eigenvalue weighted by molar-refractivity contribution is -0.711. The molecule has 0 fully saturated rings. The van der Waals surface area contributed by atoms with Gasteiger partial charge in [0, 0.05) is 23.1 Å². The van der Waals surface area contributed by atoms with Gasteiger partial charge in [-0.1, -0.05) is 60.7 Å². The third-order valence-electron chi connectivity index (χ3n) is 5.01. The minimum Gasteiger partial charge on any atom is -0.496 e. The van der Waals surface area contributed by atoms with Gasteiger partial charge in [-0.15, -0.1) is 0 Å². The van der Waals surface area contributed by atoms with Gasteiger partial charge in [-0.25, -0.2) is 0 Å². The van der Waals surface area contributed by atoms with Crippen molar-refractivity contribution in [3.63, 3.8) is 0 Å². The van der Waals surface area contributed by atoms with Crippen molar-refractivity contribution in [3.8, 4) is 11.5 Å². The number of rotatable bonds is 8. The van der Waals surface area contributed by atoms with Crippen molar-refractivity contribution in [3.05, 3.63) is 95.1 Å². The van der Waals surface area contributed by atoms with Crippen LogP contribution in [0, 0.1) is 6.92 Å². The molecule has 27 heavy (non-hydrogen) atoms. The largest absolute Gasteiger partial charge is 0.496 e. The smallest absolute Gasteiger partial charge is 0.134 e. The molecule has 0 radical (unpaired) electrons. The first kappa shape index (κ1) is 19.0. The fourth-order valence-corrected chi connectivity index (χ4v) is 3.57. The zero-order valence-electron chi connectivity index (χ0n) is 16.3. The third kappa shape index (κ3) is 4.69. The van der Waals surface area contributed by atoms with E-state index < -0.39 is 0 Å². The summed E-state index contributed by atoms with van der Waals surface area (Å²) in [5.41, 5.74) is 4.92. The minimum absolute atomic E-state index is 0.348.